The van der Waals surface area contributed by atoms with Crippen molar-refractivity contribution in [3.63, 3.8) is 0 Å². The van der Waals surface area contributed by atoms with Crippen molar-refractivity contribution < 1.29 is 0 Å². The van der Waals surface area contributed by atoms with Gasteiger partial charge in [-0.3, -0.25) is 0 Å². The minimum Gasteiger partial charge on any atom is -0.311 e. The van der Waals surface area contributed by atoms with Crippen molar-refractivity contribution in [3.8, 4) is 22.5 Å². The van der Waals surface area contributed by atoms with Gasteiger partial charge in [-0.15, -0.1) is 0 Å². The van der Waals surface area contributed by atoms with Crippen LogP contribution in [-0.2, 0) is 13.0 Å². The maximum Gasteiger partial charge on any atom is 0.0969 e. The molecule has 0 amide bonds. The van der Waals surface area contributed by atoms with E-state index < -0.39 is 0 Å². The van der Waals surface area contributed by atoms with Gasteiger partial charge in [0.15, 0.2) is 0 Å². The molecule has 0 spiro atoms. The maximum atomic E-state index is 5.01. The van der Waals surface area contributed by atoms with Crippen molar-refractivity contribution in [2.45, 2.75) is 26.8 Å². The van der Waals surface area contributed by atoms with Gasteiger partial charge in [0.2, 0.25) is 0 Å². The summed E-state index contributed by atoms with van der Waals surface area (Å²) in [6.07, 6.45) is 0.940. The fraction of sp³-hybridized carbons (Fsp3) is 0.238. The molecule has 1 aliphatic heterocycles. The summed E-state index contributed by atoms with van der Waals surface area (Å²) in [6, 6.07) is 17.1. The van der Waals surface area contributed by atoms with E-state index in [1.807, 2.05) is 0 Å². The van der Waals surface area contributed by atoms with E-state index in [1.54, 1.807) is 0 Å². The number of nitrogens with one attached hydrogen (secondary N) is 1. The number of aryl methyl sites for hydroxylation is 2. The molecule has 120 valence electrons. The van der Waals surface area contributed by atoms with Crippen LogP contribution >= 0.6 is 0 Å². The normalized spacial score (nSPS) is 13.6. The van der Waals surface area contributed by atoms with E-state index in [0.29, 0.717) is 0 Å². The van der Waals surface area contributed by atoms with Crippen LogP contribution in [0, 0.1) is 13.8 Å². The Morgan fingerprint density at radius 3 is 1.75 bits per heavy atom. The lowest BCUT2D eigenvalue weighted by molar-refractivity contribution is 0.614. The highest BCUT2D eigenvalue weighted by molar-refractivity contribution is 5.78. The molecule has 1 N–H and O–H groups in total. The molecule has 4 rings (SSSR count). The highest BCUT2D eigenvalue weighted by atomic mass is 15.0. The molecule has 3 nitrogen and oxygen atoms in total. The Bertz CT molecular complexity index is 790. The van der Waals surface area contributed by atoms with Crippen molar-refractivity contribution >= 4 is 0 Å². The predicted molar refractivity (Wildman–Crippen MR) is 97.8 cm³/mol. The summed E-state index contributed by atoms with van der Waals surface area (Å²) >= 11 is 0. The van der Waals surface area contributed by atoms with Crippen molar-refractivity contribution in [2.75, 3.05) is 6.54 Å². The lowest BCUT2D eigenvalue weighted by atomic mass is 10.0. The number of hydrogen-bond donors (Lipinski definition) is 1. The highest BCUT2D eigenvalue weighted by Gasteiger charge is 2.18. The summed E-state index contributed by atoms with van der Waals surface area (Å²) in [6.45, 7) is 5.98. The minimum atomic E-state index is 0.801. The van der Waals surface area contributed by atoms with Crippen molar-refractivity contribution in [1.29, 1.82) is 0 Å². The lowest BCUT2D eigenvalue weighted by Gasteiger charge is -2.19. The first-order valence-electron chi connectivity index (χ1n) is 8.45. The second-order valence-electron chi connectivity index (χ2n) is 6.47. The molecule has 1 aromatic heterocycles. The Labute approximate surface area is 142 Å². The number of aromatic nitrogens is 2. The fourth-order valence-electron chi connectivity index (χ4n) is 3.09. The third kappa shape index (κ3) is 2.83. The first kappa shape index (κ1) is 15.0. The molecule has 0 bridgehead atoms. The molecule has 0 unspecified atom stereocenters. The van der Waals surface area contributed by atoms with Crippen molar-refractivity contribution in [2.24, 2.45) is 0 Å². The first-order chi connectivity index (χ1) is 11.7. The average Bonchev–Trinajstić information content (AvgIpc) is 2.62. The van der Waals surface area contributed by atoms with Gasteiger partial charge in [0.25, 0.3) is 0 Å². The van der Waals surface area contributed by atoms with Crippen LogP contribution in [0.2, 0.25) is 0 Å². The van der Waals surface area contributed by atoms with E-state index in [2.05, 4.69) is 67.7 Å². The summed E-state index contributed by atoms with van der Waals surface area (Å²) in [5, 5.41) is 3.39. The molecule has 24 heavy (non-hydrogen) atoms. The molecule has 3 heteroatoms. The van der Waals surface area contributed by atoms with E-state index in [4.69, 9.17) is 9.97 Å². The van der Waals surface area contributed by atoms with Gasteiger partial charge in [0.1, 0.15) is 0 Å². The third-order valence-electron chi connectivity index (χ3n) is 4.53. The van der Waals surface area contributed by atoms with Gasteiger partial charge in [-0.25, -0.2) is 9.97 Å². The van der Waals surface area contributed by atoms with Gasteiger partial charge in [-0.1, -0.05) is 59.7 Å². The van der Waals surface area contributed by atoms with Gasteiger partial charge < -0.3 is 5.32 Å². The molecule has 0 atom stereocenters. The first-order valence-corrected chi connectivity index (χ1v) is 8.45. The molecule has 0 saturated heterocycles. The van der Waals surface area contributed by atoms with Gasteiger partial charge >= 0.3 is 0 Å². The summed E-state index contributed by atoms with van der Waals surface area (Å²) < 4.78 is 0. The SMILES string of the molecule is Cc1ccc(-c2nc3c(nc2-c2ccc(C)cc2)CNCC3)cc1. The summed E-state index contributed by atoms with van der Waals surface area (Å²) in [5.74, 6) is 0. The molecular formula is C21H21N3. The molecule has 2 aromatic carbocycles. The van der Waals surface area contributed by atoms with Gasteiger partial charge in [-0.2, -0.15) is 0 Å². The Hall–Kier alpha value is -2.52. The van der Waals surface area contributed by atoms with Crippen LogP contribution in [0.5, 0.6) is 0 Å². The van der Waals surface area contributed by atoms with Crippen LogP contribution in [0.3, 0.4) is 0 Å². The summed E-state index contributed by atoms with van der Waals surface area (Å²) in [5.41, 5.74) is 8.92. The van der Waals surface area contributed by atoms with E-state index in [1.165, 1.54) is 11.1 Å². The highest BCUT2D eigenvalue weighted by Crippen LogP contribution is 2.31. The van der Waals surface area contributed by atoms with Crippen LogP contribution in [0.15, 0.2) is 48.5 Å². The Morgan fingerprint density at radius 1 is 0.708 bits per heavy atom. The molecule has 1 aliphatic rings. The number of hydrogen-bond acceptors (Lipinski definition) is 3. The van der Waals surface area contributed by atoms with E-state index in [9.17, 15) is 0 Å². The predicted octanol–water partition coefficient (Wildman–Crippen LogP) is 4.07. The molecule has 3 aromatic rings. The zero-order valence-electron chi connectivity index (χ0n) is 14.1. The number of nitrogens with zero attached hydrogens (tertiary/aromatic N) is 2. The van der Waals surface area contributed by atoms with Crippen molar-refractivity contribution in [1.82, 2.24) is 15.3 Å². The Morgan fingerprint density at radius 2 is 1.21 bits per heavy atom. The largest absolute Gasteiger partial charge is 0.311 e. The second-order valence-corrected chi connectivity index (χ2v) is 6.47. The zero-order chi connectivity index (χ0) is 16.5. The molecule has 0 aliphatic carbocycles. The van der Waals surface area contributed by atoms with Gasteiger partial charge in [0.05, 0.1) is 22.8 Å². The average molecular weight is 315 g/mol. The number of fused-ring (bicyclic) bond motifs is 1. The molecule has 0 radical (unpaired) electrons. The van der Waals surface area contributed by atoms with Crippen LogP contribution in [0.4, 0.5) is 0 Å². The Balaban J connectivity index is 1.92. The smallest absolute Gasteiger partial charge is 0.0969 e. The van der Waals surface area contributed by atoms with E-state index in [-0.39, 0.29) is 0 Å². The maximum absolute atomic E-state index is 5.01. The molecular weight excluding hydrogens is 294 g/mol. The summed E-state index contributed by atoms with van der Waals surface area (Å²) in [7, 11) is 0. The standard InChI is InChI=1S/C21H21N3/c1-14-3-7-16(8-4-14)20-21(17-9-5-15(2)6-10-17)24-19-13-22-12-11-18(19)23-20/h3-10,22H,11-13H2,1-2H3. The van der Waals surface area contributed by atoms with Gasteiger partial charge in [0, 0.05) is 30.6 Å². The van der Waals surface area contributed by atoms with Crippen LogP contribution in [0.1, 0.15) is 22.5 Å². The van der Waals surface area contributed by atoms with Crippen LogP contribution in [-0.4, -0.2) is 16.5 Å². The fourth-order valence-corrected chi connectivity index (χ4v) is 3.09. The van der Waals surface area contributed by atoms with Crippen LogP contribution < -0.4 is 5.32 Å². The Kier molecular flexibility index (Phi) is 3.87. The zero-order valence-corrected chi connectivity index (χ0v) is 14.1. The second kappa shape index (κ2) is 6.17. The molecule has 2 heterocycles. The number of benzene rings is 2. The third-order valence-corrected chi connectivity index (χ3v) is 4.53. The minimum absolute atomic E-state index is 0.801. The molecule has 0 fully saturated rings. The van der Waals surface area contributed by atoms with E-state index in [0.717, 1.165) is 53.4 Å². The number of rotatable bonds is 2. The summed E-state index contributed by atoms with van der Waals surface area (Å²) in [4.78, 5) is 10.00. The van der Waals surface area contributed by atoms with Crippen molar-refractivity contribution in [3.05, 3.63) is 71.0 Å². The molecule has 0 saturated carbocycles. The lowest BCUT2D eigenvalue weighted by Crippen LogP contribution is -2.26. The van der Waals surface area contributed by atoms with Gasteiger partial charge in [-0.05, 0) is 13.8 Å². The van der Waals surface area contributed by atoms with Crippen LogP contribution in [0.25, 0.3) is 22.5 Å². The van der Waals surface area contributed by atoms with E-state index >= 15 is 0 Å². The monoisotopic (exact) mass is 315 g/mol. The quantitative estimate of drug-likeness (QED) is 0.774. The topological polar surface area (TPSA) is 37.8 Å².